The van der Waals surface area contributed by atoms with E-state index in [1.807, 2.05) is 22.6 Å². The molecule has 0 aromatic heterocycles. The van der Waals surface area contributed by atoms with Crippen molar-refractivity contribution in [2.75, 3.05) is 18.5 Å². The number of urea groups is 1. The average Bonchev–Trinajstić information content (AvgIpc) is 3.08. The number of hydrogen-bond donors (Lipinski definition) is 4. The number of ether oxygens (including phenoxy) is 1. The third-order valence-electron chi connectivity index (χ3n) is 5.20. The lowest BCUT2D eigenvalue weighted by Crippen LogP contribution is -2.50. The maximum absolute atomic E-state index is 14.2. The largest absolute Gasteiger partial charge is 0.491 e. The highest BCUT2D eigenvalue weighted by Crippen LogP contribution is 2.28. The number of anilines is 1. The molecule has 0 bridgehead atoms. The van der Waals surface area contributed by atoms with Crippen molar-refractivity contribution in [2.45, 2.75) is 32.0 Å². The van der Waals surface area contributed by atoms with Gasteiger partial charge in [-0.1, -0.05) is 26.0 Å². The van der Waals surface area contributed by atoms with Gasteiger partial charge >= 0.3 is 6.03 Å². The van der Waals surface area contributed by atoms with Gasteiger partial charge in [0, 0.05) is 3.57 Å². The predicted molar refractivity (Wildman–Crippen MR) is 130 cm³/mol. The Morgan fingerprint density at radius 3 is 2.50 bits per heavy atom. The first-order chi connectivity index (χ1) is 16.1. The number of halogens is 2. The lowest BCUT2D eigenvalue weighted by Gasteiger charge is -2.27. The van der Waals surface area contributed by atoms with Crippen LogP contribution in [0.3, 0.4) is 0 Å². The second-order valence-electron chi connectivity index (χ2n) is 8.11. The van der Waals surface area contributed by atoms with Crippen molar-refractivity contribution in [3.05, 3.63) is 57.4 Å². The Balaban J connectivity index is 1.76. The molecule has 1 aliphatic heterocycles. The van der Waals surface area contributed by atoms with Crippen LogP contribution in [0, 0.1) is 15.3 Å². The third kappa shape index (κ3) is 5.83. The second kappa shape index (κ2) is 11.1. The lowest BCUT2D eigenvalue weighted by atomic mass is 10.0. The Morgan fingerprint density at radius 1 is 1.24 bits per heavy atom. The fraction of sp³-hybridized carbons (Fsp3) is 0.348. The van der Waals surface area contributed by atoms with Crippen molar-refractivity contribution in [2.24, 2.45) is 5.92 Å². The zero-order valence-corrected chi connectivity index (χ0v) is 20.7. The molecule has 1 aliphatic rings. The molecule has 34 heavy (non-hydrogen) atoms. The Bertz CT molecular complexity index is 1070. The summed E-state index contributed by atoms with van der Waals surface area (Å²) >= 11 is 1.95. The second-order valence-corrected chi connectivity index (χ2v) is 9.36. The van der Waals surface area contributed by atoms with Gasteiger partial charge in [0.2, 0.25) is 5.91 Å². The van der Waals surface area contributed by atoms with Crippen LogP contribution < -0.4 is 15.4 Å². The Morgan fingerprint density at radius 2 is 1.91 bits per heavy atom. The third-order valence-corrected chi connectivity index (χ3v) is 5.88. The number of nitrogens with one attached hydrogen (secondary N) is 2. The van der Waals surface area contributed by atoms with Gasteiger partial charge in [0.05, 0.1) is 12.3 Å². The maximum atomic E-state index is 14.2. The summed E-state index contributed by atoms with van der Waals surface area (Å²) in [4.78, 5) is 39.8. The van der Waals surface area contributed by atoms with E-state index in [9.17, 15) is 23.9 Å². The van der Waals surface area contributed by atoms with E-state index in [4.69, 9.17) is 9.84 Å². The van der Waals surface area contributed by atoms with Crippen LogP contribution in [0.25, 0.3) is 0 Å². The molecule has 182 valence electrons. The summed E-state index contributed by atoms with van der Waals surface area (Å²) in [7, 11) is 0. The fourth-order valence-electron chi connectivity index (χ4n) is 3.50. The molecule has 1 fully saturated rings. The van der Waals surface area contributed by atoms with Crippen molar-refractivity contribution in [1.29, 1.82) is 0 Å². The van der Waals surface area contributed by atoms with Crippen LogP contribution in [-0.4, -0.2) is 58.3 Å². The highest BCUT2D eigenvalue weighted by molar-refractivity contribution is 14.1. The molecule has 1 heterocycles. The minimum Gasteiger partial charge on any atom is -0.491 e. The summed E-state index contributed by atoms with van der Waals surface area (Å²) in [5.41, 5.74) is 0.434. The minimum absolute atomic E-state index is 0.0402. The van der Waals surface area contributed by atoms with E-state index in [2.05, 4.69) is 10.6 Å². The van der Waals surface area contributed by atoms with Crippen molar-refractivity contribution < 1.29 is 33.7 Å². The first-order valence-corrected chi connectivity index (χ1v) is 11.6. The number of benzene rings is 2. The van der Waals surface area contributed by atoms with Crippen LogP contribution in [-0.2, 0) is 9.59 Å². The summed E-state index contributed by atoms with van der Waals surface area (Å²) in [6.45, 7) is 2.84. The van der Waals surface area contributed by atoms with E-state index in [1.54, 1.807) is 44.2 Å². The van der Waals surface area contributed by atoms with Crippen molar-refractivity contribution in [3.63, 3.8) is 0 Å². The maximum Gasteiger partial charge on any atom is 0.325 e. The molecule has 11 heteroatoms. The van der Waals surface area contributed by atoms with Crippen LogP contribution in [0.4, 0.5) is 14.9 Å². The van der Waals surface area contributed by atoms with Crippen LogP contribution in [0.2, 0.25) is 0 Å². The molecule has 3 atom stereocenters. The van der Waals surface area contributed by atoms with Crippen LogP contribution in [0.15, 0.2) is 42.5 Å². The monoisotopic (exact) mass is 585 g/mol. The first kappa shape index (κ1) is 25.8. The molecular formula is C23H25FIN3O6. The summed E-state index contributed by atoms with van der Waals surface area (Å²) in [5.74, 6) is -1.93. The summed E-state index contributed by atoms with van der Waals surface area (Å²) in [6.07, 6.45) is -1.02. The average molecular weight is 585 g/mol. The molecule has 1 saturated heterocycles. The van der Waals surface area contributed by atoms with Crippen molar-refractivity contribution in [3.8, 4) is 5.75 Å². The number of amides is 4. The van der Waals surface area contributed by atoms with Crippen molar-refractivity contribution >= 4 is 46.1 Å². The highest BCUT2D eigenvalue weighted by Gasteiger charge is 2.46. The predicted octanol–water partition coefficient (Wildman–Crippen LogP) is 2.42. The number of carbonyl (C=O) groups excluding carboxylic acids is 3. The van der Waals surface area contributed by atoms with Crippen molar-refractivity contribution in [1.82, 2.24) is 10.2 Å². The van der Waals surface area contributed by atoms with E-state index in [1.165, 1.54) is 12.1 Å². The lowest BCUT2D eigenvalue weighted by molar-refractivity contribution is -0.135. The number of aliphatic hydroxyl groups excluding tert-OH is 2. The number of aliphatic hydroxyl groups is 2. The van der Waals surface area contributed by atoms with Gasteiger partial charge in [-0.2, -0.15) is 0 Å². The van der Waals surface area contributed by atoms with Gasteiger partial charge in [-0.05, 0) is 64.4 Å². The number of rotatable bonds is 9. The van der Waals surface area contributed by atoms with Gasteiger partial charge in [-0.25, -0.2) is 14.1 Å². The fourth-order valence-corrected chi connectivity index (χ4v) is 3.95. The van der Waals surface area contributed by atoms with Gasteiger partial charge in [0.1, 0.15) is 36.4 Å². The number of hydrogen-bond acceptors (Lipinski definition) is 6. The zero-order valence-electron chi connectivity index (χ0n) is 18.5. The molecule has 9 nitrogen and oxygen atoms in total. The topological polar surface area (TPSA) is 128 Å². The van der Waals surface area contributed by atoms with E-state index in [-0.39, 0.29) is 12.3 Å². The summed E-state index contributed by atoms with van der Waals surface area (Å²) in [5, 5.41) is 23.3. The smallest absolute Gasteiger partial charge is 0.325 e. The molecule has 0 aliphatic carbocycles. The molecule has 0 saturated carbocycles. The number of nitrogens with zero attached hydrogens (tertiary/aromatic N) is 1. The Hall–Kier alpha value is -2.77. The van der Waals surface area contributed by atoms with Crippen LogP contribution >= 0.6 is 22.6 Å². The normalized spacial score (nSPS) is 17.5. The SMILES string of the molecule is CC(C)[C@@H](C(=O)Nc1ccc(I)cc1F)N1C(=O)N[C@H](c2ccc(OC[C@@H](O)CO)cc2)C1=O. The van der Waals surface area contributed by atoms with Crippen LogP contribution in [0.1, 0.15) is 25.5 Å². The molecular weight excluding hydrogens is 560 g/mol. The minimum atomic E-state index is -1.15. The van der Waals surface area contributed by atoms with Gasteiger partial charge in [0.25, 0.3) is 5.91 Å². The van der Waals surface area contributed by atoms with E-state index >= 15 is 0 Å². The standard InChI is InChI=1S/C23H25FIN3O6/c1-12(2)20(21(31)26-18-8-5-14(25)9-17(18)24)28-22(32)19(27-23(28)33)13-3-6-16(7-4-13)34-11-15(30)10-29/h3-9,12,15,19-20,29-30H,10-11H2,1-2H3,(H,26,31)(H,27,33)/t15-,19+,20-/m0/s1. The molecule has 3 rings (SSSR count). The molecule has 0 radical (unpaired) electrons. The van der Waals surface area contributed by atoms with Gasteiger partial charge in [0.15, 0.2) is 0 Å². The summed E-state index contributed by atoms with van der Waals surface area (Å²) in [6, 6.07) is 7.72. The zero-order chi connectivity index (χ0) is 25.0. The molecule has 4 amide bonds. The number of carbonyl (C=O) groups is 3. The molecule has 0 spiro atoms. The van der Waals surface area contributed by atoms with Crippen LogP contribution in [0.5, 0.6) is 5.75 Å². The van der Waals surface area contributed by atoms with E-state index in [0.29, 0.717) is 14.9 Å². The quantitative estimate of drug-likeness (QED) is 0.265. The Kier molecular flexibility index (Phi) is 8.44. The molecule has 2 aromatic carbocycles. The van der Waals surface area contributed by atoms with E-state index < -0.39 is 54.4 Å². The first-order valence-electron chi connectivity index (χ1n) is 10.5. The summed E-state index contributed by atoms with van der Waals surface area (Å²) < 4.78 is 20.2. The van der Waals surface area contributed by atoms with Gasteiger partial charge in [-0.3, -0.25) is 9.59 Å². The molecule has 0 unspecified atom stereocenters. The molecule has 2 aromatic rings. The van der Waals surface area contributed by atoms with Gasteiger partial charge < -0.3 is 25.6 Å². The van der Waals surface area contributed by atoms with Gasteiger partial charge in [-0.15, -0.1) is 0 Å². The molecule has 4 N–H and O–H groups in total. The highest BCUT2D eigenvalue weighted by atomic mass is 127. The number of imide groups is 1. The Labute approximate surface area is 209 Å². The van der Waals surface area contributed by atoms with E-state index in [0.717, 1.165) is 4.90 Å².